The van der Waals surface area contributed by atoms with Gasteiger partial charge in [0.1, 0.15) is 28.8 Å². The maximum Gasteiger partial charge on any atom is 0.171 e. The molecule has 5 heteroatoms. The molecule has 0 aliphatic rings. The van der Waals surface area contributed by atoms with E-state index < -0.39 is 0 Å². The Kier molecular flexibility index (Phi) is 4.75. The lowest BCUT2D eigenvalue weighted by Crippen LogP contribution is -2.28. The molecule has 0 bridgehead atoms. The Bertz CT molecular complexity index is 569. The van der Waals surface area contributed by atoms with Crippen molar-refractivity contribution in [2.45, 2.75) is 26.0 Å². The van der Waals surface area contributed by atoms with Crippen LogP contribution in [0.25, 0.3) is 0 Å². The van der Waals surface area contributed by atoms with Crippen LogP contribution in [-0.4, -0.2) is 20.3 Å². The second-order valence-corrected chi connectivity index (χ2v) is 4.89. The average Bonchev–Trinajstić information content (AvgIpc) is 2.90. The Morgan fingerprint density at radius 2 is 1.57 bits per heavy atom. The molecule has 5 nitrogen and oxygen atoms in total. The second-order valence-electron chi connectivity index (χ2n) is 4.89. The Balaban J connectivity index is 2.28. The van der Waals surface area contributed by atoms with E-state index in [2.05, 4.69) is 0 Å². The summed E-state index contributed by atoms with van der Waals surface area (Å²) in [4.78, 5) is 0. The number of rotatable bonds is 6. The molecular weight excluding hydrogens is 270 g/mol. The molecule has 1 aromatic heterocycles. The molecule has 0 aliphatic carbocycles. The molecular formula is C16H21NO4. The van der Waals surface area contributed by atoms with Crippen LogP contribution in [0.5, 0.6) is 17.2 Å². The van der Waals surface area contributed by atoms with Crippen LogP contribution < -0.4 is 19.9 Å². The van der Waals surface area contributed by atoms with Crippen molar-refractivity contribution in [2.75, 3.05) is 14.2 Å². The van der Waals surface area contributed by atoms with Crippen molar-refractivity contribution in [1.29, 1.82) is 0 Å². The van der Waals surface area contributed by atoms with E-state index in [-0.39, 0.29) is 12.1 Å². The minimum absolute atomic E-state index is 0.229. The highest BCUT2D eigenvalue weighted by Crippen LogP contribution is 2.32. The highest BCUT2D eigenvalue weighted by Gasteiger charge is 2.22. The molecule has 2 N–H and O–H groups in total. The number of hydrogen-bond acceptors (Lipinski definition) is 5. The Morgan fingerprint density at radius 1 is 1.00 bits per heavy atom. The molecule has 0 radical (unpaired) electrons. The standard InChI is InChI=1S/C16H21NO4/c1-10-5-6-15(20-10)16(11(2)17)21-14-8-12(18-3)7-13(9-14)19-4/h5-9,11,16H,17H2,1-4H3. The Hall–Kier alpha value is -2.14. The van der Waals surface area contributed by atoms with Gasteiger partial charge in [-0.1, -0.05) is 0 Å². The summed E-state index contributed by atoms with van der Waals surface area (Å²) in [6.07, 6.45) is -0.379. The normalized spacial score (nSPS) is 13.6. The number of aryl methyl sites for hydroxylation is 1. The SMILES string of the molecule is COc1cc(OC)cc(OC(c2ccc(C)o2)C(C)N)c1. The highest BCUT2D eigenvalue weighted by molar-refractivity contribution is 5.42. The van der Waals surface area contributed by atoms with Gasteiger partial charge >= 0.3 is 0 Å². The monoisotopic (exact) mass is 291 g/mol. The van der Waals surface area contributed by atoms with E-state index in [1.165, 1.54) is 0 Å². The first-order chi connectivity index (χ1) is 10.0. The quantitative estimate of drug-likeness (QED) is 0.886. The van der Waals surface area contributed by atoms with E-state index >= 15 is 0 Å². The van der Waals surface area contributed by atoms with Crippen molar-refractivity contribution in [1.82, 2.24) is 0 Å². The van der Waals surface area contributed by atoms with Gasteiger partial charge in [0.2, 0.25) is 0 Å². The molecule has 0 spiro atoms. The zero-order valence-corrected chi connectivity index (χ0v) is 12.8. The van der Waals surface area contributed by atoms with Gasteiger partial charge in [0.05, 0.1) is 14.2 Å². The molecule has 2 unspecified atom stereocenters. The largest absolute Gasteiger partial charge is 0.496 e. The number of furan rings is 1. The molecule has 0 saturated heterocycles. The van der Waals surface area contributed by atoms with Gasteiger partial charge in [-0.15, -0.1) is 0 Å². The molecule has 2 aromatic rings. The van der Waals surface area contributed by atoms with Crippen molar-refractivity contribution in [3.63, 3.8) is 0 Å². The summed E-state index contributed by atoms with van der Waals surface area (Å²) in [7, 11) is 3.19. The summed E-state index contributed by atoms with van der Waals surface area (Å²) in [6.45, 7) is 3.76. The summed E-state index contributed by atoms with van der Waals surface area (Å²) in [5.41, 5.74) is 6.02. The smallest absolute Gasteiger partial charge is 0.171 e. The molecule has 1 aromatic carbocycles. The fraction of sp³-hybridized carbons (Fsp3) is 0.375. The Morgan fingerprint density at radius 3 is 2.00 bits per heavy atom. The minimum Gasteiger partial charge on any atom is -0.496 e. The first kappa shape index (κ1) is 15.3. The van der Waals surface area contributed by atoms with Gasteiger partial charge in [-0.2, -0.15) is 0 Å². The van der Waals surface area contributed by atoms with Crippen molar-refractivity contribution in [3.05, 3.63) is 41.9 Å². The van der Waals surface area contributed by atoms with Gasteiger partial charge in [-0.3, -0.25) is 0 Å². The van der Waals surface area contributed by atoms with Crippen LogP contribution >= 0.6 is 0 Å². The number of hydrogen-bond donors (Lipinski definition) is 1. The third kappa shape index (κ3) is 3.70. The van der Waals surface area contributed by atoms with Crippen LogP contribution in [0.1, 0.15) is 24.5 Å². The molecule has 2 atom stereocenters. The lowest BCUT2D eigenvalue weighted by atomic mass is 10.1. The van der Waals surface area contributed by atoms with Gasteiger partial charge < -0.3 is 24.4 Å². The number of ether oxygens (including phenoxy) is 3. The molecule has 0 aliphatic heterocycles. The maximum atomic E-state index is 6.02. The molecule has 114 valence electrons. The fourth-order valence-corrected chi connectivity index (χ4v) is 2.03. The van der Waals surface area contributed by atoms with Crippen LogP contribution in [0, 0.1) is 6.92 Å². The predicted molar refractivity (Wildman–Crippen MR) is 80.0 cm³/mol. The highest BCUT2D eigenvalue weighted by atomic mass is 16.5. The Labute approximate surface area is 124 Å². The molecule has 21 heavy (non-hydrogen) atoms. The van der Waals surface area contributed by atoms with Gasteiger partial charge in [-0.05, 0) is 26.0 Å². The summed E-state index contributed by atoms with van der Waals surface area (Å²) in [6, 6.07) is 8.89. The van der Waals surface area contributed by atoms with Crippen LogP contribution in [0.3, 0.4) is 0 Å². The van der Waals surface area contributed by atoms with Gasteiger partial charge in [0, 0.05) is 24.2 Å². The van der Waals surface area contributed by atoms with Gasteiger partial charge in [0.25, 0.3) is 0 Å². The van der Waals surface area contributed by atoms with Crippen molar-refractivity contribution in [3.8, 4) is 17.2 Å². The van der Waals surface area contributed by atoms with E-state index in [1.54, 1.807) is 32.4 Å². The lowest BCUT2D eigenvalue weighted by molar-refractivity contribution is 0.151. The van der Waals surface area contributed by atoms with E-state index in [0.717, 1.165) is 5.76 Å². The zero-order valence-electron chi connectivity index (χ0n) is 12.8. The summed E-state index contributed by atoms with van der Waals surface area (Å²) >= 11 is 0. The number of benzene rings is 1. The first-order valence-corrected chi connectivity index (χ1v) is 6.75. The van der Waals surface area contributed by atoms with Crippen molar-refractivity contribution >= 4 is 0 Å². The first-order valence-electron chi connectivity index (χ1n) is 6.75. The van der Waals surface area contributed by atoms with E-state index in [9.17, 15) is 0 Å². The van der Waals surface area contributed by atoms with E-state index in [1.807, 2.05) is 26.0 Å². The van der Waals surface area contributed by atoms with Crippen LogP contribution in [0.2, 0.25) is 0 Å². The second kappa shape index (κ2) is 6.54. The summed E-state index contributed by atoms with van der Waals surface area (Å²) < 4.78 is 22.1. The van der Waals surface area contributed by atoms with Crippen molar-refractivity contribution < 1.29 is 18.6 Å². The van der Waals surface area contributed by atoms with Crippen LogP contribution in [-0.2, 0) is 0 Å². The zero-order chi connectivity index (χ0) is 15.4. The maximum absolute atomic E-state index is 6.02. The average molecular weight is 291 g/mol. The molecule has 0 fully saturated rings. The number of methoxy groups -OCH3 is 2. The molecule has 1 heterocycles. The summed E-state index contributed by atoms with van der Waals surface area (Å²) in [5.74, 6) is 3.45. The van der Waals surface area contributed by atoms with E-state index in [0.29, 0.717) is 23.0 Å². The summed E-state index contributed by atoms with van der Waals surface area (Å²) in [5, 5.41) is 0. The lowest BCUT2D eigenvalue weighted by Gasteiger charge is -2.21. The van der Waals surface area contributed by atoms with Crippen LogP contribution in [0.15, 0.2) is 34.7 Å². The minimum atomic E-state index is -0.379. The van der Waals surface area contributed by atoms with Crippen LogP contribution in [0.4, 0.5) is 0 Å². The third-order valence-electron chi connectivity index (χ3n) is 3.11. The van der Waals surface area contributed by atoms with E-state index in [4.69, 9.17) is 24.4 Å². The molecule has 0 saturated carbocycles. The van der Waals surface area contributed by atoms with Gasteiger partial charge in [-0.25, -0.2) is 0 Å². The van der Waals surface area contributed by atoms with Crippen molar-refractivity contribution in [2.24, 2.45) is 5.73 Å². The topological polar surface area (TPSA) is 66.8 Å². The van der Waals surface area contributed by atoms with Gasteiger partial charge in [0.15, 0.2) is 6.10 Å². The third-order valence-corrected chi connectivity index (χ3v) is 3.11. The fourth-order valence-electron chi connectivity index (χ4n) is 2.03. The predicted octanol–water partition coefficient (Wildman–Crippen LogP) is 3.07. The number of nitrogens with two attached hydrogens (primary N) is 1. The molecule has 2 rings (SSSR count). The molecule has 0 amide bonds.